The fourth-order valence-electron chi connectivity index (χ4n) is 8.45. The number of urea groups is 1. The monoisotopic (exact) mass is 576 g/mol. The minimum absolute atomic E-state index is 0.0923. The van der Waals surface area contributed by atoms with Gasteiger partial charge in [-0.1, -0.05) is 54.6 Å². The van der Waals surface area contributed by atoms with Crippen LogP contribution in [-0.4, -0.2) is 32.6 Å². The van der Waals surface area contributed by atoms with Gasteiger partial charge in [-0.05, 0) is 100.0 Å². The summed E-state index contributed by atoms with van der Waals surface area (Å²) in [6, 6.07) is 24.4. The molecule has 1 aromatic heterocycles. The molecular weight excluding hydrogens is 536 g/mol. The maximum atomic E-state index is 14.5. The van der Waals surface area contributed by atoms with Crippen molar-refractivity contribution in [3.63, 3.8) is 0 Å². The first-order chi connectivity index (χ1) is 20.9. The van der Waals surface area contributed by atoms with E-state index in [2.05, 4.69) is 5.32 Å². The van der Waals surface area contributed by atoms with E-state index in [-0.39, 0.29) is 17.1 Å². The van der Waals surface area contributed by atoms with Gasteiger partial charge in [0.05, 0.1) is 29.2 Å². The molecule has 4 saturated carbocycles. The van der Waals surface area contributed by atoms with Gasteiger partial charge < -0.3 is 15.0 Å². The van der Waals surface area contributed by atoms with Crippen molar-refractivity contribution in [1.29, 1.82) is 0 Å². The number of para-hydroxylation sites is 3. The standard InChI is InChI=1S/C36H40N4O3/c1-3-43-32-16-10-9-15-31(32)40-33(37-30-14-8-7-13-29(30)34(40)41)24(2)39(23-25-11-5-4-6-12-25)35(42)38-36-20-26-17-27(21-36)19-28(18-26)22-36/h4-16,24,26-28H,3,17-23H2,1-2H3,(H,38,42). The van der Waals surface area contributed by atoms with Crippen LogP contribution in [0.15, 0.2) is 83.7 Å². The number of ether oxygens (including phenoxy) is 1. The predicted octanol–water partition coefficient (Wildman–Crippen LogP) is 7.03. The number of nitrogens with zero attached hydrogens (tertiary/aromatic N) is 3. The number of fused-ring (bicyclic) bond motifs is 1. The quantitative estimate of drug-likeness (QED) is 0.244. The van der Waals surface area contributed by atoms with Crippen LogP contribution in [0, 0.1) is 17.8 Å². The Kier molecular flexibility index (Phi) is 7.20. The molecule has 1 atom stereocenters. The lowest BCUT2D eigenvalue weighted by molar-refractivity contribution is -0.0166. The second kappa shape index (κ2) is 11.2. The van der Waals surface area contributed by atoms with Crippen LogP contribution in [0.5, 0.6) is 5.75 Å². The van der Waals surface area contributed by atoms with Gasteiger partial charge >= 0.3 is 6.03 Å². The largest absolute Gasteiger partial charge is 0.492 e. The molecule has 4 aliphatic carbocycles. The van der Waals surface area contributed by atoms with Gasteiger partial charge in [-0.3, -0.25) is 9.36 Å². The van der Waals surface area contributed by atoms with Crippen molar-refractivity contribution in [2.45, 2.75) is 70.5 Å². The molecule has 0 radical (unpaired) electrons. The minimum atomic E-state index is -0.513. The normalized spacial score (nSPS) is 24.6. The van der Waals surface area contributed by atoms with Gasteiger partial charge in [0.15, 0.2) is 0 Å². The van der Waals surface area contributed by atoms with Crippen LogP contribution in [0.25, 0.3) is 16.6 Å². The molecule has 3 aromatic carbocycles. The molecule has 4 aliphatic rings. The van der Waals surface area contributed by atoms with Gasteiger partial charge in [0.2, 0.25) is 0 Å². The third kappa shape index (κ3) is 5.19. The van der Waals surface area contributed by atoms with Crippen LogP contribution in [0.3, 0.4) is 0 Å². The summed E-state index contributed by atoms with van der Waals surface area (Å²) in [4.78, 5) is 35.6. The smallest absolute Gasteiger partial charge is 0.318 e. The number of benzene rings is 3. The van der Waals surface area contributed by atoms with Crippen LogP contribution in [0.4, 0.5) is 4.79 Å². The topological polar surface area (TPSA) is 76.5 Å². The number of nitrogens with one attached hydrogen (secondary N) is 1. The number of aromatic nitrogens is 2. The number of amides is 2. The van der Waals surface area contributed by atoms with Crippen molar-refractivity contribution >= 4 is 16.9 Å². The van der Waals surface area contributed by atoms with Crippen LogP contribution in [0.2, 0.25) is 0 Å². The van der Waals surface area contributed by atoms with Gasteiger partial charge in [-0.15, -0.1) is 0 Å². The third-order valence-electron chi connectivity index (χ3n) is 9.92. The Bertz CT molecular complexity index is 1660. The molecule has 1 heterocycles. The molecule has 0 saturated heterocycles. The molecule has 2 amide bonds. The molecule has 7 nitrogen and oxygen atoms in total. The van der Waals surface area contributed by atoms with E-state index < -0.39 is 6.04 Å². The maximum Gasteiger partial charge on any atom is 0.318 e. The molecule has 222 valence electrons. The fourth-order valence-corrected chi connectivity index (χ4v) is 8.45. The van der Waals surface area contributed by atoms with E-state index in [1.54, 1.807) is 10.6 Å². The molecule has 4 aromatic rings. The lowest BCUT2D eigenvalue weighted by atomic mass is 9.53. The highest BCUT2D eigenvalue weighted by atomic mass is 16.5. The van der Waals surface area contributed by atoms with E-state index in [0.29, 0.717) is 59.1 Å². The van der Waals surface area contributed by atoms with E-state index in [4.69, 9.17) is 9.72 Å². The zero-order valence-corrected chi connectivity index (χ0v) is 25.0. The SMILES string of the molecule is CCOc1ccccc1-n1c(C(C)N(Cc2ccccc2)C(=O)NC23CC4CC(CC(C4)C2)C3)nc2ccccc2c1=O. The molecule has 4 fully saturated rings. The van der Waals surface area contributed by atoms with Crippen LogP contribution >= 0.6 is 0 Å². The summed E-state index contributed by atoms with van der Waals surface area (Å²) in [6.07, 6.45) is 7.14. The Balaban J connectivity index is 1.33. The first-order valence-electron chi connectivity index (χ1n) is 15.8. The third-order valence-corrected chi connectivity index (χ3v) is 9.92. The molecule has 43 heavy (non-hydrogen) atoms. The number of carbonyl (C=O) groups is 1. The van der Waals surface area contributed by atoms with Crippen LogP contribution in [0.1, 0.15) is 69.8 Å². The fraction of sp³-hybridized carbons (Fsp3) is 0.417. The predicted molar refractivity (Wildman–Crippen MR) is 168 cm³/mol. The molecule has 1 N–H and O–H groups in total. The lowest BCUT2D eigenvalue weighted by Crippen LogP contribution is -2.62. The average molecular weight is 577 g/mol. The second-order valence-electron chi connectivity index (χ2n) is 12.9. The number of rotatable bonds is 8. The zero-order chi connectivity index (χ0) is 29.6. The summed E-state index contributed by atoms with van der Waals surface area (Å²) in [7, 11) is 0. The molecular formula is C36H40N4O3. The van der Waals surface area contributed by atoms with E-state index in [0.717, 1.165) is 24.8 Å². The second-order valence-corrected chi connectivity index (χ2v) is 12.9. The van der Waals surface area contributed by atoms with E-state index in [1.165, 1.54) is 19.3 Å². The first-order valence-corrected chi connectivity index (χ1v) is 15.8. The van der Waals surface area contributed by atoms with Crippen LogP contribution < -0.4 is 15.6 Å². The van der Waals surface area contributed by atoms with Crippen molar-refractivity contribution in [2.75, 3.05) is 6.61 Å². The summed E-state index contributed by atoms with van der Waals surface area (Å²) in [6.45, 7) is 4.78. The van der Waals surface area contributed by atoms with Crippen molar-refractivity contribution in [2.24, 2.45) is 17.8 Å². The van der Waals surface area contributed by atoms with Gasteiger partial charge in [0, 0.05) is 12.1 Å². The Labute approximate surface area is 252 Å². The number of hydrogen-bond acceptors (Lipinski definition) is 4. The Morgan fingerprint density at radius 2 is 1.58 bits per heavy atom. The van der Waals surface area contributed by atoms with Crippen molar-refractivity contribution in [3.8, 4) is 11.4 Å². The highest BCUT2D eigenvalue weighted by Gasteiger charge is 2.52. The van der Waals surface area contributed by atoms with Gasteiger partial charge in [-0.2, -0.15) is 0 Å². The summed E-state index contributed by atoms with van der Waals surface area (Å²) in [5.74, 6) is 3.26. The molecule has 1 unspecified atom stereocenters. The average Bonchev–Trinajstić information content (AvgIpc) is 3.00. The van der Waals surface area contributed by atoms with E-state index in [9.17, 15) is 9.59 Å². The Morgan fingerprint density at radius 3 is 2.28 bits per heavy atom. The van der Waals surface area contributed by atoms with Gasteiger partial charge in [0.25, 0.3) is 5.56 Å². The minimum Gasteiger partial charge on any atom is -0.492 e. The molecule has 0 spiro atoms. The van der Waals surface area contributed by atoms with Gasteiger partial charge in [0.1, 0.15) is 11.6 Å². The molecule has 8 rings (SSSR count). The molecule has 4 bridgehead atoms. The number of hydrogen-bond donors (Lipinski definition) is 1. The van der Waals surface area contributed by atoms with Crippen molar-refractivity contribution in [3.05, 3.63) is 101 Å². The Hall–Kier alpha value is -4.13. The highest BCUT2D eigenvalue weighted by molar-refractivity contribution is 5.79. The van der Waals surface area contributed by atoms with Crippen molar-refractivity contribution < 1.29 is 9.53 Å². The summed E-state index contributed by atoms with van der Waals surface area (Å²) < 4.78 is 7.62. The van der Waals surface area contributed by atoms with E-state index in [1.807, 2.05) is 91.5 Å². The first kappa shape index (κ1) is 27.7. The molecule has 0 aliphatic heterocycles. The van der Waals surface area contributed by atoms with Crippen LogP contribution in [-0.2, 0) is 6.54 Å². The zero-order valence-electron chi connectivity index (χ0n) is 25.0. The summed E-state index contributed by atoms with van der Waals surface area (Å²) in [5, 5.41) is 4.11. The van der Waals surface area contributed by atoms with Crippen molar-refractivity contribution in [1.82, 2.24) is 19.8 Å². The molecule has 7 heteroatoms. The number of carbonyl (C=O) groups excluding carboxylic acids is 1. The maximum absolute atomic E-state index is 14.5. The Morgan fingerprint density at radius 1 is 0.953 bits per heavy atom. The van der Waals surface area contributed by atoms with E-state index >= 15 is 0 Å². The summed E-state index contributed by atoms with van der Waals surface area (Å²) in [5.41, 5.74) is 1.94. The summed E-state index contributed by atoms with van der Waals surface area (Å²) >= 11 is 0. The lowest BCUT2D eigenvalue weighted by Gasteiger charge is -2.57. The van der Waals surface area contributed by atoms with Gasteiger partial charge in [-0.25, -0.2) is 9.78 Å². The highest BCUT2D eigenvalue weighted by Crippen LogP contribution is 2.55.